The topological polar surface area (TPSA) is 86.2 Å². The summed E-state index contributed by atoms with van der Waals surface area (Å²) in [7, 11) is 0. The summed E-state index contributed by atoms with van der Waals surface area (Å²) in [6.45, 7) is 3.53. The molecule has 0 unspecified atom stereocenters. The van der Waals surface area contributed by atoms with Gasteiger partial charge >= 0.3 is 6.09 Å². The number of rotatable bonds is 4. The first-order valence-corrected chi connectivity index (χ1v) is 10.2. The Bertz CT molecular complexity index is 915. The quantitative estimate of drug-likeness (QED) is 0.805. The van der Waals surface area contributed by atoms with Gasteiger partial charge in [0.2, 0.25) is 0 Å². The van der Waals surface area contributed by atoms with Gasteiger partial charge in [-0.25, -0.2) is 4.79 Å². The molecule has 30 heavy (non-hydrogen) atoms. The molecule has 2 heterocycles. The molecular formula is C23H25NO6. The van der Waals surface area contributed by atoms with Crippen LogP contribution in [-0.2, 0) is 18.9 Å². The summed E-state index contributed by atoms with van der Waals surface area (Å²) < 4.78 is 22.8. The third kappa shape index (κ3) is 3.28. The van der Waals surface area contributed by atoms with E-state index in [2.05, 4.69) is 29.6 Å². The van der Waals surface area contributed by atoms with Gasteiger partial charge < -0.3 is 29.4 Å². The number of aliphatic hydroxyl groups excluding tert-OH is 1. The van der Waals surface area contributed by atoms with Gasteiger partial charge in [0.05, 0.1) is 12.6 Å². The summed E-state index contributed by atoms with van der Waals surface area (Å²) >= 11 is 0. The molecule has 2 aromatic rings. The third-order valence-corrected chi connectivity index (χ3v) is 5.96. The third-order valence-electron chi connectivity index (χ3n) is 5.96. The lowest BCUT2D eigenvalue weighted by Gasteiger charge is -2.25. The van der Waals surface area contributed by atoms with Crippen molar-refractivity contribution in [3.05, 3.63) is 59.7 Å². The number of ether oxygens (including phenoxy) is 4. The molecule has 2 aliphatic heterocycles. The summed E-state index contributed by atoms with van der Waals surface area (Å²) in [5.41, 5.74) is 4.65. The summed E-state index contributed by atoms with van der Waals surface area (Å²) in [6, 6.07) is 15.8. The monoisotopic (exact) mass is 411 g/mol. The fourth-order valence-electron chi connectivity index (χ4n) is 4.68. The molecule has 7 heteroatoms. The van der Waals surface area contributed by atoms with Crippen molar-refractivity contribution in [2.24, 2.45) is 0 Å². The van der Waals surface area contributed by atoms with Crippen LogP contribution in [0.3, 0.4) is 0 Å². The zero-order chi connectivity index (χ0) is 20.9. The van der Waals surface area contributed by atoms with Crippen LogP contribution in [0.25, 0.3) is 11.1 Å². The van der Waals surface area contributed by atoms with Crippen LogP contribution >= 0.6 is 0 Å². The van der Waals surface area contributed by atoms with E-state index in [1.807, 2.05) is 24.3 Å². The second-order valence-corrected chi connectivity index (χ2v) is 8.32. The molecule has 158 valence electrons. The number of benzene rings is 2. The second kappa shape index (κ2) is 7.35. The van der Waals surface area contributed by atoms with E-state index in [0.29, 0.717) is 0 Å². The lowest BCUT2D eigenvalue weighted by Crippen LogP contribution is -2.49. The highest BCUT2D eigenvalue weighted by Gasteiger charge is 2.55. The van der Waals surface area contributed by atoms with Crippen LogP contribution in [0.15, 0.2) is 48.5 Å². The van der Waals surface area contributed by atoms with E-state index < -0.39 is 36.4 Å². The van der Waals surface area contributed by atoms with Gasteiger partial charge in [0, 0.05) is 5.92 Å². The summed E-state index contributed by atoms with van der Waals surface area (Å²) in [5, 5.41) is 12.4. The average molecular weight is 411 g/mol. The Morgan fingerprint density at radius 3 is 2.33 bits per heavy atom. The predicted octanol–water partition coefficient (Wildman–Crippen LogP) is 2.76. The van der Waals surface area contributed by atoms with Gasteiger partial charge in [0.1, 0.15) is 18.8 Å². The lowest BCUT2D eigenvalue weighted by molar-refractivity contribution is -0.210. The van der Waals surface area contributed by atoms with Crippen LogP contribution in [0.2, 0.25) is 0 Å². The van der Waals surface area contributed by atoms with Crippen molar-refractivity contribution in [1.29, 1.82) is 0 Å². The van der Waals surface area contributed by atoms with E-state index in [1.165, 1.54) is 11.1 Å². The molecule has 3 aliphatic rings. The molecule has 2 fully saturated rings. The van der Waals surface area contributed by atoms with Crippen molar-refractivity contribution in [3.63, 3.8) is 0 Å². The van der Waals surface area contributed by atoms with Crippen LogP contribution < -0.4 is 5.32 Å². The summed E-state index contributed by atoms with van der Waals surface area (Å²) in [4.78, 5) is 12.6. The minimum atomic E-state index is -0.809. The second-order valence-electron chi connectivity index (χ2n) is 8.32. The van der Waals surface area contributed by atoms with Gasteiger partial charge in [-0.15, -0.1) is 0 Å². The van der Waals surface area contributed by atoms with Gasteiger partial charge in [-0.2, -0.15) is 0 Å². The largest absolute Gasteiger partial charge is 0.449 e. The molecule has 1 aliphatic carbocycles. The molecule has 1 amide bonds. The van der Waals surface area contributed by atoms with E-state index >= 15 is 0 Å². The van der Waals surface area contributed by atoms with Crippen LogP contribution in [0.4, 0.5) is 4.79 Å². The van der Waals surface area contributed by atoms with Gasteiger partial charge in [-0.1, -0.05) is 48.5 Å². The molecular weight excluding hydrogens is 386 g/mol. The number of alkyl carbamates (subject to hydrolysis) is 1. The van der Waals surface area contributed by atoms with Gasteiger partial charge in [-0.3, -0.25) is 0 Å². The number of amides is 1. The zero-order valence-corrected chi connectivity index (χ0v) is 16.9. The van der Waals surface area contributed by atoms with E-state index in [-0.39, 0.29) is 19.1 Å². The SMILES string of the molecule is CC1(C)O[C@@H]2O[C@@H](CO)[C@@H](NC(=O)OCC3c4ccccc4-c4ccccc43)[C@@H]2O1. The highest BCUT2D eigenvalue weighted by molar-refractivity contribution is 5.79. The van der Waals surface area contributed by atoms with Crippen LogP contribution in [0.5, 0.6) is 0 Å². The first-order chi connectivity index (χ1) is 14.5. The molecule has 7 nitrogen and oxygen atoms in total. The van der Waals surface area contributed by atoms with E-state index in [0.717, 1.165) is 11.1 Å². The van der Waals surface area contributed by atoms with Crippen molar-refractivity contribution in [2.75, 3.05) is 13.2 Å². The maximum Gasteiger partial charge on any atom is 0.407 e. The number of carbonyl (C=O) groups excluding carboxylic acids is 1. The van der Waals surface area contributed by atoms with Crippen LogP contribution in [0.1, 0.15) is 30.9 Å². The lowest BCUT2D eigenvalue weighted by atomic mass is 9.98. The fraction of sp³-hybridized carbons (Fsp3) is 0.435. The molecule has 2 N–H and O–H groups in total. The highest BCUT2D eigenvalue weighted by Crippen LogP contribution is 2.44. The molecule has 0 radical (unpaired) electrons. The van der Waals surface area contributed by atoms with Gasteiger partial charge in [0.25, 0.3) is 0 Å². The first-order valence-electron chi connectivity index (χ1n) is 10.2. The maximum atomic E-state index is 12.6. The standard InChI is InChI=1S/C23H25NO6/c1-23(2)29-20-19(18(11-25)28-21(20)30-23)24-22(26)27-12-17-15-9-5-3-7-13(15)14-8-4-6-10-16(14)17/h3-10,17-21,25H,11-12H2,1-2H3,(H,24,26)/t18-,19+,20-,21-/m0/s1. The molecule has 4 atom stereocenters. The molecule has 0 spiro atoms. The number of carbonyl (C=O) groups is 1. The molecule has 5 rings (SSSR count). The Hall–Kier alpha value is -2.45. The Morgan fingerprint density at radius 1 is 1.07 bits per heavy atom. The first kappa shape index (κ1) is 19.5. The van der Waals surface area contributed by atoms with Crippen molar-refractivity contribution in [1.82, 2.24) is 5.32 Å². The number of fused-ring (bicyclic) bond motifs is 4. The minimum Gasteiger partial charge on any atom is -0.449 e. The maximum absolute atomic E-state index is 12.6. The minimum absolute atomic E-state index is 0.0191. The van der Waals surface area contributed by atoms with E-state index in [9.17, 15) is 9.90 Å². The number of aliphatic hydroxyl groups is 1. The van der Waals surface area contributed by atoms with Crippen molar-refractivity contribution in [3.8, 4) is 11.1 Å². The van der Waals surface area contributed by atoms with E-state index in [1.54, 1.807) is 13.8 Å². The van der Waals surface area contributed by atoms with E-state index in [4.69, 9.17) is 18.9 Å². The molecule has 0 aromatic heterocycles. The summed E-state index contributed by atoms with van der Waals surface area (Å²) in [6.07, 6.45) is -2.32. The number of hydrogen-bond donors (Lipinski definition) is 2. The molecule has 2 saturated heterocycles. The molecule has 0 saturated carbocycles. The zero-order valence-electron chi connectivity index (χ0n) is 16.9. The Balaban J connectivity index is 1.28. The number of nitrogens with one attached hydrogen (secondary N) is 1. The normalized spacial score (nSPS) is 28.6. The Morgan fingerprint density at radius 2 is 1.70 bits per heavy atom. The predicted molar refractivity (Wildman–Crippen MR) is 108 cm³/mol. The average Bonchev–Trinajstić information content (AvgIpc) is 3.33. The molecule has 2 aromatic carbocycles. The van der Waals surface area contributed by atoms with Crippen molar-refractivity contribution in [2.45, 2.75) is 50.1 Å². The van der Waals surface area contributed by atoms with Crippen molar-refractivity contribution >= 4 is 6.09 Å². The summed E-state index contributed by atoms with van der Waals surface area (Å²) in [5.74, 6) is -0.828. The van der Waals surface area contributed by atoms with Crippen molar-refractivity contribution < 1.29 is 28.8 Å². The fourth-order valence-corrected chi connectivity index (χ4v) is 4.68. The molecule has 0 bridgehead atoms. The number of hydrogen-bond acceptors (Lipinski definition) is 6. The highest BCUT2D eigenvalue weighted by atomic mass is 16.8. The smallest absolute Gasteiger partial charge is 0.407 e. The van der Waals surface area contributed by atoms with Gasteiger partial charge in [0.15, 0.2) is 12.1 Å². The van der Waals surface area contributed by atoms with Crippen LogP contribution in [0, 0.1) is 0 Å². The van der Waals surface area contributed by atoms with Gasteiger partial charge in [-0.05, 0) is 36.1 Å². The Kier molecular flexibility index (Phi) is 4.78. The van der Waals surface area contributed by atoms with Crippen LogP contribution in [-0.4, -0.2) is 54.7 Å². The Labute approximate surface area is 174 Å².